The number of imidazole rings is 1. The molecule has 1 unspecified atom stereocenters. The van der Waals surface area contributed by atoms with E-state index in [4.69, 9.17) is 4.74 Å². The molecule has 1 fully saturated rings. The van der Waals surface area contributed by atoms with Crippen molar-refractivity contribution in [1.29, 1.82) is 0 Å². The van der Waals surface area contributed by atoms with E-state index < -0.39 is 5.60 Å². The average molecular weight is 399 g/mol. The molecule has 1 atom stereocenters. The number of nitrogens with zero attached hydrogens (tertiary/aromatic N) is 4. The molecule has 8 nitrogen and oxygen atoms in total. The summed E-state index contributed by atoms with van der Waals surface area (Å²) in [7, 11) is 0. The fourth-order valence-electron chi connectivity index (χ4n) is 3.34. The van der Waals surface area contributed by atoms with Gasteiger partial charge in [-0.1, -0.05) is 0 Å². The predicted molar refractivity (Wildman–Crippen MR) is 108 cm³/mol. The van der Waals surface area contributed by atoms with E-state index in [1.165, 1.54) is 0 Å². The van der Waals surface area contributed by atoms with Crippen LogP contribution in [0.2, 0.25) is 0 Å². The minimum absolute atomic E-state index is 0.0459. The van der Waals surface area contributed by atoms with Crippen LogP contribution in [0.1, 0.15) is 45.0 Å². The van der Waals surface area contributed by atoms with Gasteiger partial charge < -0.3 is 15.0 Å². The molecule has 29 heavy (non-hydrogen) atoms. The Morgan fingerprint density at radius 3 is 2.76 bits per heavy atom. The quantitative estimate of drug-likeness (QED) is 0.854. The van der Waals surface area contributed by atoms with Crippen LogP contribution in [0.15, 0.2) is 30.7 Å². The fourth-order valence-corrected chi connectivity index (χ4v) is 3.34. The molecular formula is C21H29N5O3. The van der Waals surface area contributed by atoms with Gasteiger partial charge in [0.05, 0.1) is 5.92 Å². The maximum Gasteiger partial charge on any atom is 0.410 e. The van der Waals surface area contributed by atoms with Gasteiger partial charge >= 0.3 is 6.09 Å². The summed E-state index contributed by atoms with van der Waals surface area (Å²) < 4.78 is 7.33. The first-order chi connectivity index (χ1) is 13.7. The highest BCUT2D eigenvalue weighted by Gasteiger charge is 2.30. The van der Waals surface area contributed by atoms with E-state index >= 15 is 0 Å². The number of carbonyl (C=O) groups is 2. The second-order valence-electron chi connectivity index (χ2n) is 8.35. The normalized spacial score (nSPS) is 17.1. The molecule has 0 aliphatic carbocycles. The lowest BCUT2D eigenvalue weighted by Crippen LogP contribution is -2.46. The number of amides is 2. The molecule has 1 saturated heterocycles. The molecular weight excluding hydrogens is 370 g/mol. The van der Waals surface area contributed by atoms with E-state index in [9.17, 15) is 9.59 Å². The average Bonchev–Trinajstić information content (AvgIpc) is 3.11. The Morgan fingerprint density at radius 1 is 1.28 bits per heavy atom. The molecule has 2 amide bonds. The molecule has 0 radical (unpaired) electrons. The van der Waals surface area contributed by atoms with E-state index in [0.717, 1.165) is 30.0 Å². The second kappa shape index (κ2) is 8.63. The van der Waals surface area contributed by atoms with Crippen molar-refractivity contribution in [3.05, 3.63) is 42.1 Å². The van der Waals surface area contributed by atoms with Crippen molar-refractivity contribution in [3.63, 3.8) is 0 Å². The molecule has 2 aromatic heterocycles. The Labute approximate surface area is 171 Å². The molecule has 1 aliphatic heterocycles. The third-order valence-corrected chi connectivity index (χ3v) is 4.79. The number of hydrogen-bond acceptors (Lipinski definition) is 5. The molecule has 156 valence electrons. The van der Waals surface area contributed by atoms with Crippen LogP contribution in [0.5, 0.6) is 0 Å². The zero-order valence-electron chi connectivity index (χ0n) is 17.5. The number of aromatic nitrogens is 3. The molecule has 8 heteroatoms. The Bertz CT molecular complexity index is 871. The fraction of sp³-hybridized carbons (Fsp3) is 0.524. The van der Waals surface area contributed by atoms with Crippen LogP contribution in [-0.2, 0) is 16.1 Å². The van der Waals surface area contributed by atoms with Crippen LogP contribution in [0.3, 0.4) is 0 Å². The van der Waals surface area contributed by atoms with Crippen molar-refractivity contribution < 1.29 is 14.3 Å². The Balaban J connectivity index is 1.57. The van der Waals surface area contributed by atoms with Gasteiger partial charge in [0, 0.05) is 38.2 Å². The molecule has 3 rings (SSSR count). The summed E-state index contributed by atoms with van der Waals surface area (Å²) in [5.41, 5.74) is 0.412. The van der Waals surface area contributed by atoms with Gasteiger partial charge in [-0.05, 0) is 58.2 Å². The number of ether oxygens (including phenoxy) is 1. The lowest BCUT2D eigenvalue weighted by molar-refractivity contribution is -0.126. The monoisotopic (exact) mass is 399 g/mol. The van der Waals surface area contributed by atoms with Crippen molar-refractivity contribution in [3.8, 4) is 5.82 Å². The van der Waals surface area contributed by atoms with Gasteiger partial charge in [0.25, 0.3) is 0 Å². The minimum Gasteiger partial charge on any atom is -0.444 e. The van der Waals surface area contributed by atoms with Gasteiger partial charge in [-0.25, -0.2) is 14.8 Å². The summed E-state index contributed by atoms with van der Waals surface area (Å²) in [4.78, 5) is 35.2. The molecule has 1 aliphatic rings. The molecule has 1 N–H and O–H groups in total. The SMILES string of the molecule is Cc1nccn1-c1cc(CNC(=O)C2CCCN(C(=O)OC(C)(C)C)C2)ccn1. The van der Waals surface area contributed by atoms with E-state index in [1.54, 1.807) is 17.3 Å². The highest BCUT2D eigenvalue weighted by atomic mass is 16.6. The van der Waals surface area contributed by atoms with Crippen molar-refractivity contribution >= 4 is 12.0 Å². The number of carbonyl (C=O) groups excluding carboxylic acids is 2. The summed E-state index contributed by atoms with van der Waals surface area (Å²) in [6.07, 6.45) is 6.50. The second-order valence-corrected chi connectivity index (χ2v) is 8.35. The van der Waals surface area contributed by atoms with Gasteiger partial charge in [-0.3, -0.25) is 9.36 Å². The van der Waals surface area contributed by atoms with Crippen molar-refractivity contribution in [2.24, 2.45) is 5.92 Å². The smallest absolute Gasteiger partial charge is 0.410 e. The number of hydrogen-bond donors (Lipinski definition) is 1. The third-order valence-electron chi connectivity index (χ3n) is 4.79. The van der Waals surface area contributed by atoms with Gasteiger partial charge in [0.15, 0.2) is 0 Å². The van der Waals surface area contributed by atoms with E-state index in [1.807, 2.05) is 50.6 Å². The minimum atomic E-state index is -0.543. The number of rotatable bonds is 4. The molecule has 0 bridgehead atoms. The zero-order chi connectivity index (χ0) is 21.0. The maximum atomic E-state index is 12.7. The topological polar surface area (TPSA) is 89.4 Å². The molecule has 0 aromatic carbocycles. The lowest BCUT2D eigenvalue weighted by atomic mass is 9.97. The highest BCUT2D eigenvalue weighted by Crippen LogP contribution is 2.20. The molecule has 0 spiro atoms. The van der Waals surface area contributed by atoms with Crippen LogP contribution >= 0.6 is 0 Å². The summed E-state index contributed by atoms with van der Waals surface area (Å²) in [6, 6.07) is 3.81. The first-order valence-electron chi connectivity index (χ1n) is 9.94. The first kappa shape index (κ1) is 20.8. The van der Waals surface area contributed by atoms with Crippen molar-refractivity contribution in [1.82, 2.24) is 24.8 Å². The van der Waals surface area contributed by atoms with E-state index in [2.05, 4.69) is 15.3 Å². The van der Waals surface area contributed by atoms with Gasteiger partial charge in [0.2, 0.25) is 5.91 Å². The van der Waals surface area contributed by atoms with Crippen molar-refractivity contribution in [2.45, 2.75) is 52.7 Å². The first-order valence-corrected chi connectivity index (χ1v) is 9.94. The standard InChI is InChI=1S/C21H29N5O3/c1-15-22-9-11-26(15)18-12-16(7-8-23-18)13-24-19(27)17-6-5-10-25(14-17)20(28)29-21(2,3)4/h7-9,11-12,17H,5-6,10,13-14H2,1-4H3,(H,24,27). The molecule has 2 aromatic rings. The summed E-state index contributed by atoms with van der Waals surface area (Å²) >= 11 is 0. The van der Waals surface area contributed by atoms with Gasteiger partial charge in [-0.15, -0.1) is 0 Å². The van der Waals surface area contributed by atoms with Crippen LogP contribution in [0.25, 0.3) is 5.82 Å². The number of aryl methyl sites for hydroxylation is 1. The Kier molecular flexibility index (Phi) is 6.20. The molecule has 3 heterocycles. The largest absolute Gasteiger partial charge is 0.444 e. The number of nitrogens with one attached hydrogen (secondary N) is 1. The summed E-state index contributed by atoms with van der Waals surface area (Å²) in [6.45, 7) is 8.85. The van der Waals surface area contributed by atoms with Gasteiger partial charge in [0.1, 0.15) is 17.2 Å². The summed E-state index contributed by atoms with van der Waals surface area (Å²) in [5, 5.41) is 2.99. The summed E-state index contributed by atoms with van der Waals surface area (Å²) in [5.74, 6) is 1.34. The Morgan fingerprint density at radius 2 is 2.07 bits per heavy atom. The number of likely N-dealkylation sites (tertiary alicyclic amines) is 1. The van der Waals surface area contributed by atoms with Crippen LogP contribution < -0.4 is 5.32 Å². The Hall–Kier alpha value is -2.90. The number of pyridine rings is 1. The van der Waals surface area contributed by atoms with Crippen LogP contribution in [0, 0.1) is 12.8 Å². The maximum absolute atomic E-state index is 12.7. The van der Waals surface area contributed by atoms with Gasteiger partial charge in [-0.2, -0.15) is 0 Å². The number of piperidine rings is 1. The highest BCUT2D eigenvalue weighted by molar-refractivity contribution is 5.80. The van der Waals surface area contributed by atoms with E-state index in [-0.39, 0.29) is 17.9 Å². The van der Waals surface area contributed by atoms with Crippen LogP contribution in [0.4, 0.5) is 4.79 Å². The van der Waals surface area contributed by atoms with E-state index in [0.29, 0.717) is 19.6 Å². The predicted octanol–water partition coefficient (Wildman–Crippen LogP) is 2.84. The lowest BCUT2D eigenvalue weighted by Gasteiger charge is -2.33. The zero-order valence-corrected chi connectivity index (χ0v) is 17.5. The van der Waals surface area contributed by atoms with Crippen LogP contribution in [-0.4, -0.2) is 50.1 Å². The third kappa shape index (κ3) is 5.56. The molecule has 0 saturated carbocycles. The van der Waals surface area contributed by atoms with Crippen molar-refractivity contribution in [2.75, 3.05) is 13.1 Å².